The van der Waals surface area contributed by atoms with Gasteiger partial charge in [0.15, 0.2) is 5.69 Å². The monoisotopic (exact) mass is 286 g/mol. The highest BCUT2D eigenvalue weighted by molar-refractivity contribution is 7.90. The van der Waals surface area contributed by atoms with E-state index in [1.54, 1.807) is 0 Å². The van der Waals surface area contributed by atoms with Crippen LogP contribution in [0.3, 0.4) is 0 Å². The van der Waals surface area contributed by atoms with Gasteiger partial charge < -0.3 is 11.1 Å². The Morgan fingerprint density at radius 1 is 1.53 bits per heavy atom. The van der Waals surface area contributed by atoms with Crippen molar-refractivity contribution in [3.8, 4) is 0 Å². The molecule has 0 saturated heterocycles. The minimum absolute atomic E-state index is 0.0522. The van der Waals surface area contributed by atoms with Gasteiger partial charge in [-0.15, -0.1) is 0 Å². The van der Waals surface area contributed by atoms with Crippen molar-refractivity contribution >= 4 is 21.4 Å². The predicted molar refractivity (Wildman–Crippen MR) is 71.6 cm³/mol. The number of aromatic nitrogens is 2. The smallest absolute Gasteiger partial charge is 0.273 e. The summed E-state index contributed by atoms with van der Waals surface area (Å²) in [5.41, 5.74) is 7.30. The topological polar surface area (TPSA) is 118 Å². The Morgan fingerprint density at radius 3 is 2.79 bits per heavy atom. The van der Waals surface area contributed by atoms with Crippen LogP contribution in [0.15, 0.2) is 0 Å². The van der Waals surface area contributed by atoms with Crippen molar-refractivity contribution in [3.05, 3.63) is 11.4 Å². The molecule has 19 heavy (non-hydrogen) atoms. The molecule has 1 amide bonds. The lowest BCUT2D eigenvalue weighted by Crippen LogP contribution is -2.26. The summed E-state index contributed by atoms with van der Waals surface area (Å²) in [4.78, 5) is 11.8. The Morgan fingerprint density at radius 2 is 2.21 bits per heavy atom. The Hall–Kier alpha value is -1.57. The van der Waals surface area contributed by atoms with Crippen LogP contribution in [0.2, 0.25) is 0 Å². The van der Waals surface area contributed by atoms with Crippen LogP contribution in [0.5, 0.6) is 0 Å². The van der Waals surface area contributed by atoms with E-state index in [9.17, 15) is 13.2 Å². The predicted octanol–water partition coefficient (Wildman–Crippen LogP) is 0.0338. The van der Waals surface area contributed by atoms with Crippen molar-refractivity contribution in [2.24, 2.45) is 0 Å². The number of sulfone groups is 1. The standard InChI is InChI=1S/C11H18N4O3S/c1-19(17,18)6-2-5-13-11(16)10-8(12)9(14-15-10)7-3-4-7/h7H,2-6,12H2,1H3,(H,13,16)(H,14,15). The first-order chi connectivity index (χ1) is 8.88. The summed E-state index contributed by atoms with van der Waals surface area (Å²) in [7, 11) is -2.99. The van der Waals surface area contributed by atoms with E-state index in [-0.39, 0.29) is 23.9 Å². The first kappa shape index (κ1) is 13.9. The Bertz CT molecular complexity index is 575. The minimum Gasteiger partial charge on any atom is -0.395 e. The van der Waals surface area contributed by atoms with E-state index in [1.165, 1.54) is 6.26 Å². The number of nitrogens with two attached hydrogens (primary N) is 1. The van der Waals surface area contributed by atoms with E-state index in [0.29, 0.717) is 18.0 Å². The van der Waals surface area contributed by atoms with Gasteiger partial charge in [0.2, 0.25) is 0 Å². The van der Waals surface area contributed by atoms with Gasteiger partial charge in [-0.2, -0.15) is 5.10 Å². The zero-order valence-electron chi connectivity index (χ0n) is 10.8. The molecular weight excluding hydrogens is 268 g/mol. The fourth-order valence-corrected chi connectivity index (χ4v) is 2.51. The number of carbonyl (C=O) groups excluding carboxylic acids is 1. The summed E-state index contributed by atoms with van der Waals surface area (Å²) in [6, 6.07) is 0. The maximum Gasteiger partial charge on any atom is 0.273 e. The highest BCUT2D eigenvalue weighted by atomic mass is 32.2. The summed E-state index contributed by atoms with van der Waals surface area (Å²) in [6.07, 6.45) is 3.69. The molecule has 0 radical (unpaired) electrons. The number of nitrogen functional groups attached to an aromatic ring is 1. The van der Waals surface area contributed by atoms with Crippen molar-refractivity contribution in [1.29, 1.82) is 0 Å². The van der Waals surface area contributed by atoms with Gasteiger partial charge in [-0.3, -0.25) is 9.89 Å². The van der Waals surface area contributed by atoms with E-state index in [1.807, 2.05) is 0 Å². The van der Waals surface area contributed by atoms with E-state index >= 15 is 0 Å². The second-order valence-corrected chi connectivity index (χ2v) is 7.17. The van der Waals surface area contributed by atoms with Crippen LogP contribution in [0.1, 0.15) is 41.4 Å². The number of amides is 1. The molecule has 1 aliphatic rings. The highest BCUT2D eigenvalue weighted by Gasteiger charge is 2.30. The summed E-state index contributed by atoms with van der Waals surface area (Å²) < 4.78 is 21.9. The van der Waals surface area contributed by atoms with Gasteiger partial charge in [-0.05, 0) is 19.3 Å². The fourth-order valence-electron chi connectivity index (χ4n) is 1.84. The number of nitrogens with one attached hydrogen (secondary N) is 2. The number of nitrogens with zero attached hydrogens (tertiary/aromatic N) is 1. The van der Waals surface area contributed by atoms with Crippen LogP contribution in [-0.4, -0.2) is 43.1 Å². The molecule has 1 fully saturated rings. The molecule has 4 N–H and O–H groups in total. The van der Waals surface area contributed by atoms with E-state index < -0.39 is 9.84 Å². The fraction of sp³-hybridized carbons (Fsp3) is 0.636. The van der Waals surface area contributed by atoms with Gasteiger partial charge in [0, 0.05) is 18.7 Å². The summed E-state index contributed by atoms with van der Waals surface area (Å²) in [5.74, 6) is 0.0878. The third-order valence-corrected chi connectivity index (χ3v) is 4.04. The molecule has 0 aliphatic heterocycles. The van der Waals surface area contributed by atoms with Crippen LogP contribution in [0.25, 0.3) is 0 Å². The molecule has 7 nitrogen and oxygen atoms in total. The van der Waals surface area contributed by atoms with Crippen molar-refractivity contribution in [3.63, 3.8) is 0 Å². The van der Waals surface area contributed by atoms with E-state index in [0.717, 1.165) is 18.5 Å². The molecule has 0 aromatic carbocycles. The molecule has 1 aliphatic carbocycles. The number of H-pyrrole nitrogens is 1. The quantitative estimate of drug-likeness (QED) is 0.638. The van der Waals surface area contributed by atoms with Gasteiger partial charge in [-0.1, -0.05) is 0 Å². The van der Waals surface area contributed by atoms with Crippen molar-refractivity contribution in [2.45, 2.75) is 25.2 Å². The zero-order valence-corrected chi connectivity index (χ0v) is 11.6. The maximum atomic E-state index is 11.8. The molecular formula is C11H18N4O3S. The van der Waals surface area contributed by atoms with Crippen LogP contribution < -0.4 is 11.1 Å². The van der Waals surface area contributed by atoms with Crippen molar-refractivity contribution < 1.29 is 13.2 Å². The molecule has 0 unspecified atom stereocenters. The SMILES string of the molecule is CS(=O)(=O)CCCNC(=O)c1n[nH]c(C2CC2)c1N. The second kappa shape index (κ2) is 5.20. The van der Waals surface area contributed by atoms with Crippen LogP contribution in [0, 0.1) is 0 Å². The molecule has 1 aromatic rings. The molecule has 0 atom stereocenters. The summed E-state index contributed by atoms with van der Waals surface area (Å²) in [5, 5.41) is 9.34. The average Bonchev–Trinajstić information content (AvgIpc) is 3.07. The second-order valence-electron chi connectivity index (χ2n) is 4.91. The lowest BCUT2D eigenvalue weighted by Gasteiger charge is -2.03. The normalized spacial score (nSPS) is 15.4. The lowest BCUT2D eigenvalue weighted by molar-refractivity contribution is 0.0949. The molecule has 2 rings (SSSR count). The van der Waals surface area contributed by atoms with E-state index in [4.69, 9.17) is 5.73 Å². The number of anilines is 1. The van der Waals surface area contributed by atoms with Gasteiger partial charge >= 0.3 is 0 Å². The maximum absolute atomic E-state index is 11.8. The molecule has 0 bridgehead atoms. The van der Waals surface area contributed by atoms with Crippen molar-refractivity contribution in [2.75, 3.05) is 24.3 Å². The van der Waals surface area contributed by atoms with Crippen molar-refractivity contribution in [1.82, 2.24) is 15.5 Å². The number of hydrogen-bond acceptors (Lipinski definition) is 5. The number of carbonyl (C=O) groups is 1. The molecule has 1 heterocycles. The molecule has 1 aromatic heterocycles. The Labute approximate surface area is 111 Å². The average molecular weight is 286 g/mol. The largest absolute Gasteiger partial charge is 0.395 e. The third kappa shape index (κ3) is 3.69. The molecule has 106 valence electrons. The lowest BCUT2D eigenvalue weighted by atomic mass is 10.2. The highest BCUT2D eigenvalue weighted by Crippen LogP contribution is 2.42. The first-order valence-electron chi connectivity index (χ1n) is 6.18. The summed E-state index contributed by atoms with van der Waals surface area (Å²) >= 11 is 0. The van der Waals surface area contributed by atoms with Crippen LogP contribution in [0.4, 0.5) is 5.69 Å². The van der Waals surface area contributed by atoms with Crippen LogP contribution >= 0.6 is 0 Å². The van der Waals surface area contributed by atoms with Crippen LogP contribution in [-0.2, 0) is 9.84 Å². The molecule has 8 heteroatoms. The van der Waals surface area contributed by atoms with E-state index in [2.05, 4.69) is 15.5 Å². The van der Waals surface area contributed by atoms with Gasteiger partial charge in [-0.25, -0.2) is 8.42 Å². The number of aromatic amines is 1. The zero-order chi connectivity index (χ0) is 14.0. The van der Waals surface area contributed by atoms with Gasteiger partial charge in [0.1, 0.15) is 9.84 Å². The Balaban J connectivity index is 1.86. The third-order valence-electron chi connectivity index (χ3n) is 3.01. The Kier molecular flexibility index (Phi) is 3.79. The van der Waals surface area contributed by atoms with Gasteiger partial charge in [0.25, 0.3) is 5.91 Å². The number of hydrogen-bond donors (Lipinski definition) is 3. The molecule has 0 spiro atoms. The minimum atomic E-state index is -2.99. The van der Waals surface area contributed by atoms with Gasteiger partial charge in [0.05, 0.1) is 17.1 Å². The number of rotatable bonds is 6. The first-order valence-corrected chi connectivity index (χ1v) is 8.24. The summed E-state index contributed by atoms with van der Waals surface area (Å²) in [6.45, 7) is 0.289. The molecule has 1 saturated carbocycles.